The fraction of sp³-hybridized carbons (Fsp3) is 0.125. The maximum atomic E-state index is 13.5. The van der Waals surface area contributed by atoms with Gasteiger partial charge in [0.25, 0.3) is 0 Å². The van der Waals surface area contributed by atoms with E-state index in [1.807, 2.05) is 25.1 Å². The number of nitrogens with one attached hydrogen (secondary N) is 1. The standard InChI is InChI=1S/C16H14FN3O/c1-10-3-6-15-12(7-10)9-18-20(15)16(21)19-13-5-4-11(2)14(17)8-13/h3-9H,1-2H3,(H,19,21). The van der Waals surface area contributed by atoms with Gasteiger partial charge in [-0.15, -0.1) is 0 Å². The second kappa shape index (κ2) is 5.01. The summed E-state index contributed by atoms with van der Waals surface area (Å²) in [5.74, 6) is -0.353. The minimum Gasteiger partial charge on any atom is -0.306 e. The van der Waals surface area contributed by atoms with Gasteiger partial charge in [0.15, 0.2) is 0 Å². The Kier molecular flexibility index (Phi) is 3.17. The number of hydrogen-bond donors (Lipinski definition) is 1. The number of aromatic nitrogens is 2. The summed E-state index contributed by atoms with van der Waals surface area (Å²) in [6.07, 6.45) is 1.64. The van der Waals surface area contributed by atoms with Crippen molar-refractivity contribution < 1.29 is 9.18 Å². The molecular weight excluding hydrogens is 269 g/mol. The number of carbonyl (C=O) groups is 1. The second-order valence-corrected chi connectivity index (χ2v) is 5.01. The minimum atomic E-state index is -0.419. The zero-order valence-corrected chi connectivity index (χ0v) is 11.7. The molecule has 0 saturated carbocycles. The molecule has 3 aromatic rings. The number of benzene rings is 2. The summed E-state index contributed by atoms with van der Waals surface area (Å²) in [7, 11) is 0. The predicted molar refractivity (Wildman–Crippen MR) is 80.0 cm³/mol. The number of nitrogens with zero attached hydrogens (tertiary/aromatic N) is 2. The lowest BCUT2D eigenvalue weighted by atomic mass is 10.2. The summed E-state index contributed by atoms with van der Waals surface area (Å²) in [6, 6.07) is 9.87. The first kappa shape index (κ1) is 13.3. The van der Waals surface area contributed by atoms with Gasteiger partial charge in [-0.05, 0) is 43.7 Å². The summed E-state index contributed by atoms with van der Waals surface area (Å²) in [5, 5.41) is 7.61. The SMILES string of the molecule is Cc1ccc2c(cnn2C(=O)Nc2ccc(C)c(F)c2)c1. The average Bonchev–Trinajstić information content (AvgIpc) is 2.85. The number of carbonyl (C=O) groups excluding carboxylic acids is 1. The van der Waals surface area contributed by atoms with Gasteiger partial charge in [0.2, 0.25) is 0 Å². The largest absolute Gasteiger partial charge is 0.347 e. The van der Waals surface area contributed by atoms with E-state index in [0.717, 1.165) is 10.9 Å². The lowest BCUT2D eigenvalue weighted by Crippen LogP contribution is -2.20. The molecule has 0 aliphatic carbocycles. The number of rotatable bonds is 1. The van der Waals surface area contributed by atoms with Crippen LogP contribution in [0.3, 0.4) is 0 Å². The molecule has 0 bridgehead atoms. The minimum absolute atomic E-state index is 0.353. The molecule has 1 aromatic heterocycles. The van der Waals surface area contributed by atoms with Crippen molar-refractivity contribution in [2.24, 2.45) is 0 Å². The molecule has 21 heavy (non-hydrogen) atoms. The smallest absolute Gasteiger partial charge is 0.306 e. The van der Waals surface area contributed by atoms with Gasteiger partial charge in [-0.1, -0.05) is 17.7 Å². The third kappa shape index (κ3) is 2.50. The topological polar surface area (TPSA) is 46.9 Å². The molecule has 0 saturated heterocycles. The number of fused-ring (bicyclic) bond motifs is 1. The van der Waals surface area contributed by atoms with Crippen LogP contribution in [0.1, 0.15) is 11.1 Å². The van der Waals surface area contributed by atoms with Gasteiger partial charge in [-0.2, -0.15) is 9.78 Å². The number of aryl methyl sites for hydroxylation is 2. The van der Waals surface area contributed by atoms with Crippen LogP contribution in [0.25, 0.3) is 10.9 Å². The van der Waals surface area contributed by atoms with Crippen molar-refractivity contribution in [3.63, 3.8) is 0 Å². The molecule has 0 unspecified atom stereocenters. The van der Waals surface area contributed by atoms with E-state index >= 15 is 0 Å². The molecule has 1 amide bonds. The van der Waals surface area contributed by atoms with Crippen LogP contribution in [0.5, 0.6) is 0 Å². The van der Waals surface area contributed by atoms with Gasteiger partial charge in [0, 0.05) is 11.1 Å². The summed E-state index contributed by atoms with van der Waals surface area (Å²) in [4.78, 5) is 12.2. The van der Waals surface area contributed by atoms with Crippen molar-refractivity contribution in [2.75, 3.05) is 5.32 Å². The molecule has 5 heteroatoms. The van der Waals surface area contributed by atoms with Crippen LogP contribution in [-0.2, 0) is 0 Å². The van der Waals surface area contributed by atoms with E-state index in [-0.39, 0.29) is 5.82 Å². The molecule has 0 aliphatic heterocycles. The normalized spacial score (nSPS) is 10.8. The maximum Gasteiger partial charge on any atom is 0.347 e. The first-order chi connectivity index (χ1) is 10.0. The van der Waals surface area contributed by atoms with Gasteiger partial charge in [0.05, 0.1) is 11.7 Å². The molecule has 4 nitrogen and oxygen atoms in total. The first-order valence-electron chi connectivity index (χ1n) is 6.56. The molecule has 1 heterocycles. The predicted octanol–water partition coefficient (Wildman–Crippen LogP) is 3.87. The highest BCUT2D eigenvalue weighted by atomic mass is 19.1. The van der Waals surface area contributed by atoms with E-state index in [4.69, 9.17) is 0 Å². The molecule has 106 valence electrons. The van der Waals surface area contributed by atoms with Crippen LogP contribution in [-0.4, -0.2) is 15.8 Å². The molecular formula is C16H14FN3O. The Morgan fingerprint density at radius 1 is 1.19 bits per heavy atom. The van der Waals surface area contributed by atoms with Gasteiger partial charge < -0.3 is 5.32 Å². The summed E-state index contributed by atoms with van der Waals surface area (Å²) >= 11 is 0. The Morgan fingerprint density at radius 3 is 2.76 bits per heavy atom. The van der Waals surface area contributed by atoms with Crippen LogP contribution in [0, 0.1) is 19.7 Å². The van der Waals surface area contributed by atoms with Crippen LogP contribution in [0.15, 0.2) is 42.6 Å². The van der Waals surface area contributed by atoms with Crippen molar-refractivity contribution in [1.82, 2.24) is 9.78 Å². The zero-order valence-electron chi connectivity index (χ0n) is 11.7. The van der Waals surface area contributed by atoms with Crippen LogP contribution >= 0.6 is 0 Å². The van der Waals surface area contributed by atoms with E-state index in [0.29, 0.717) is 16.8 Å². The fourth-order valence-corrected chi connectivity index (χ4v) is 2.16. The van der Waals surface area contributed by atoms with Gasteiger partial charge >= 0.3 is 6.03 Å². The highest BCUT2D eigenvalue weighted by Gasteiger charge is 2.11. The lowest BCUT2D eigenvalue weighted by Gasteiger charge is -2.07. The highest BCUT2D eigenvalue weighted by Crippen LogP contribution is 2.17. The molecule has 0 radical (unpaired) electrons. The molecule has 0 aliphatic rings. The number of hydrogen-bond acceptors (Lipinski definition) is 2. The molecule has 2 aromatic carbocycles. The summed E-state index contributed by atoms with van der Waals surface area (Å²) < 4.78 is 14.8. The van der Waals surface area contributed by atoms with Gasteiger partial charge in [-0.3, -0.25) is 0 Å². The van der Waals surface area contributed by atoms with E-state index in [2.05, 4.69) is 10.4 Å². The third-order valence-electron chi connectivity index (χ3n) is 3.34. The highest BCUT2D eigenvalue weighted by molar-refractivity contribution is 5.97. The number of halogens is 1. The van der Waals surface area contributed by atoms with Crippen molar-refractivity contribution >= 4 is 22.6 Å². The quantitative estimate of drug-likeness (QED) is 0.737. The molecule has 0 fully saturated rings. The first-order valence-corrected chi connectivity index (χ1v) is 6.56. The molecule has 1 N–H and O–H groups in total. The van der Waals surface area contributed by atoms with Crippen LogP contribution < -0.4 is 5.32 Å². The maximum absolute atomic E-state index is 13.5. The van der Waals surface area contributed by atoms with E-state index in [1.165, 1.54) is 10.7 Å². The molecule has 0 atom stereocenters. The van der Waals surface area contributed by atoms with Crippen molar-refractivity contribution in [1.29, 1.82) is 0 Å². The molecule has 3 rings (SSSR count). The summed E-state index contributed by atoms with van der Waals surface area (Å²) in [6.45, 7) is 3.65. The Balaban J connectivity index is 1.91. The Bertz CT molecular complexity index is 839. The van der Waals surface area contributed by atoms with Crippen molar-refractivity contribution in [2.45, 2.75) is 13.8 Å². The monoisotopic (exact) mass is 283 g/mol. The van der Waals surface area contributed by atoms with Crippen LogP contribution in [0.2, 0.25) is 0 Å². The van der Waals surface area contributed by atoms with Gasteiger partial charge in [0.1, 0.15) is 5.82 Å². The summed E-state index contributed by atoms with van der Waals surface area (Å²) in [5.41, 5.74) is 2.75. The zero-order chi connectivity index (χ0) is 15.0. The Labute approximate surface area is 121 Å². The number of anilines is 1. The van der Waals surface area contributed by atoms with E-state index < -0.39 is 6.03 Å². The third-order valence-corrected chi connectivity index (χ3v) is 3.34. The molecule has 0 spiro atoms. The van der Waals surface area contributed by atoms with Crippen molar-refractivity contribution in [3.8, 4) is 0 Å². The van der Waals surface area contributed by atoms with Crippen LogP contribution in [0.4, 0.5) is 14.9 Å². The lowest BCUT2D eigenvalue weighted by molar-refractivity contribution is 0.252. The fourth-order valence-electron chi connectivity index (χ4n) is 2.16. The van der Waals surface area contributed by atoms with E-state index in [1.54, 1.807) is 25.3 Å². The van der Waals surface area contributed by atoms with Gasteiger partial charge in [-0.25, -0.2) is 9.18 Å². The average molecular weight is 283 g/mol. The number of amides is 1. The Hall–Kier alpha value is -2.69. The Morgan fingerprint density at radius 2 is 2.00 bits per heavy atom. The second-order valence-electron chi connectivity index (χ2n) is 5.01. The van der Waals surface area contributed by atoms with Crippen molar-refractivity contribution in [3.05, 3.63) is 59.5 Å². The van der Waals surface area contributed by atoms with E-state index in [9.17, 15) is 9.18 Å².